The summed E-state index contributed by atoms with van der Waals surface area (Å²) in [5.41, 5.74) is 0. The first-order valence-corrected chi connectivity index (χ1v) is 8.34. The molecule has 0 fully saturated rings. The Balaban J connectivity index is 3.14. The van der Waals surface area contributed by atoms with Crippen LogP contribution in [0, 0.1) is 6.92 Å². The minimum absolute atomic E-state index is 0.303. The Labute approximate surface area is 114 Å². The number of thiophene rings is 1. The van der Waals surface area contributed by atoms with Crippen molar-refractivity contribution in [3.05, 3.63) is 14.7 Å². The Morgan fingerprint density at radius 1 is 1.56 bits per heavy atom. The number of rotatable bonds is 5. The summed E-state index contributed by atoms with van der Waals surface area (Å²) in [6.45, 7) is 4.38. The van der Waals surface area contributed by atoms with Crippen LogP contribution in [0.25, 0.3) is 0 Å². The normalized spacial score (nSPS) is 12.3. The number of alkyl halides is 1. The molecule has 16 heavy (non-hydrogen) atoms. The molecule has 7 heteroatoms. The highest BCUT2D eigenvalue weighted by Crippen LogP contribution is 2.31. The zero-order valence-electron chi connectivity index (χ0n) is 9.03. The zero-order chi connectivity index (χ0) is 12.3. The number of aryl methyl sites for hydroxylation is 1. The Morgan fingerprint density at radius 2 is 2.19 bits per heavy atom. The van der Waals surface area contributed by atoms with E-state index in [0.717, 1.165) is 8.66 Å². The van der Waals surface area contributed by atoms with Gasteiger partial charge in [0.15, 0.2) is 0 Å². The third-order valence-corrected chi connectivity index (χ3v) is 6.10. The highest BCUT2D eigenvalue weighted by Gasteiger charge is 2.25. The fourth-order valence-corrected chi connectivity index (χ4v) is 5.51. The van der Waals surface area contributed by atoms with Crippen LogP contribution in [0.2, 0.25) is 0 Å². The molecule has 0 unspecified atom stereocenters. The van der Waals surface area contributed by atoms with Gasteiger partial charge in [-0.25, -0.2) is 8.42 Å². The quantitative estimate of drug-likeness (QED) is 0.768. The predicted octanol–water partition coefficient (Wildman–Crippen LogP) is 3.07. The number of halogens is 2. The van der Waals surface area contributed by atoms with Crippen LogP contribution in [0.3, 0.4) is 0 Å². The minimum Gasteiger partial charge on any atom is -0.207 e. The topological polar surface area (TPSA) is 37.4 Å². The van der Waals surface area contributed by atoms with E-state index in [1.54, 1.807) is 19.9 Å². The van der Waals surface area contributed by atoms with Crippen LogP contribution in [0.5, 0.6) is 0 Å². The molecule has 1 aromatic heterocycles. The minimum atomic E-state index is -3.39. The van der Waals surface area contributed by atoms with Crippen molar-refractivity contribution in [1.29, 1.82) is 0 Å². The Hall–Kier alpha value is 0.380. The van der Waals surface area contributed by atoms with Gasteiger partial charge >= 0.3 is 0 Å². The Morgan fingerprint density at radius 3 is 2.56 bits per heavy atom. The summed E-state index contributed by atoms with van der Waals surface area (Å²) < 4.78 is 26.7. The van der Waals surface area contributed by atoms with Crippen molar-refractivity contribution in [2.75, 3.05) is 19.0 Å². The number of sulfonamides is 1. The van der Waals surface area contributed by atoms with Crippen molar-refractivity contribution >= 4 is 48.9 Å². The van der Waals surface area contributed by atoms with E-state index >= 15 is 0 Å². The third kappa shape index (κ3) is 2.98. The lowest BCUT2D eigenvalue weighted by atomic mass is 10.5. The van der Waals surface area contributed by atoms with E-state index in [4.69, 9.17) is 11.6 Å². The molecule has 0 aliphatic carbocycles. The molecule has 0 aromatic carbocycles. The Kier molecular flexibility index (Phi) is 5.25. The molecule has 0 amide bonds. The molecule has 1 heterocycles. The smallest absolute Gasteiger partial charge is 0.207 e. The molecule has 0 bridgehead atoms. The van der Waals surface area contributed by atoms with Gasteiger partial charge in [-0.2, -0.15) is 4.31 Å². The fourth-order valence-electron chi connectivity index (χ4n) is 1.37. The maximum absolute atomic E-state index is 12.2. The summed E-state index contributed by atoms with van der Waals surface area (Å²) in [6, 6.07) is 1.65. The second-order valence-corrected chi connectivity index (χ2v) is 8.08. The van der Waals surface area contributed by atoms with Crippen LogP contribution in [-0.2, 0) is 10.0 Å². The zero-order valence-corrected chi connectivity index (χ0v) is 13.0. The molecule has 0 aliphatic rings. The van der Waals surface area contributed by atoms with Crippen LogP contribution < -0.4 is 0 Å². The van der Waals surface area contributed by atoms with Gasteiger partial charge in [-0.1, -0.05) is 6.92 Å². The van der Waals surface area contributed by atoms with Gasteiger partial charge in [0.05, 0.1) is 8.68 Å². The van der Waals surface area contributed by atoms with Gasteiger partial charge in [0, 0.05) is 23.8 Å². The summed E-state index contributed by atoms with van der Waals surface area (Å²) >= 11 is 10.3. The summed E-state index contributed by atoms with van der Waals surface area (Å²) in [5, 5.41) is 0. The molecule has 0 atom stereocenters. The van der Waals surface area contributed by atoms with Crippen molar-refractivity contribution < 1.29 is 8.42 Å². The lowest BCUT2D eigenvalue weighted by Crippen LogP contribution is -2.32. The fraction of sp³-hybridized carbons (Fsp3) is 0.556. The average Bonchev–Trinajstić information content (AvgIpc) is 2.54. The van der Waals surface area contributed by atoms with Gasteiger partial charge in [-0.05, 0) is 28.9 Å². The van der Waals surface area contributed by atoms with Crippen molar-refractivity contribution in [2.45, 2.75) is 18.7 Å². The SMILES string of the molecule is CCN(CCCl)S(=O)(=O)c1cc(Br)sc1C. The van der Waals surface area contributed by atoms with E-state index < -0.39 is 10.0 Å². The van der Waals surface area contributed by atoms with E-state index in [0.29, 0.717) is 23.9 Å². The van der Waals surface area contributed by atoms with Crippen LogP contribution >= 0.6 is 38.9 Å². The monoisotopic (exact) mass is 345 g/mol. The van der Waals surface area contributed by atoms with E-state index in [1.165, 1.54) is 15.6 Å². The molecule has 0 aliphatic heterocycles. The van der Waals surface area contributed by atoms with E-state index in [2.05, 4.69) is 15.9 Å². The molecule has 1 aromatic rings. The van der Waals surface area contributed by atoms with Crippen molar-refractivity contribution in [3.63, 3.8) is 0 Å². The third-order valence-electron chi connectivity index (χ3n) is 2.15. The molecule has 92 valence electrons. The largest absolute Gasteiger partial charge is 0.244 e. The van der Waals surface area contributed by atoms with Crippen molar-refractivity contribution in [3.8, 4) is 0 Å². The summed E-state index contributed by atoms with van der Waals surface area (Å²) in [7, 11) is -3.39. The van der Waals surface area contributed by atoms with Gasteiger partial charge in [0.2, 0.25) is 10.0 Å². The second-order valence-electron chi connectivity index (χ2n) is 3.16. The van der Waals surface area contributed by atoms with E-state index in [1.807, 2.05) is 0 Å². The molecular formula is C9H13BrClNO2S2. The summed E-state index contributed by atoms with van der Waals surface area (Å²) in [5.74, 6) is 0.303. The predicted molar refractivity (Wildman–Crippen MR) is 71.9 cm³/mol. The number of hydrogen-bond acceptors (Lipinski definition) is 3. The second kappa shape index (κ2) is 5.82. The number of hydrogen-bond donors (Lipinski definition) is 0. The molecule has 0 spiro atoms. The molecule has 0 saturated heterocycles. The van der Waals surface area contributed by atoms with E-state index in [-0.39, 0.29) is 0 Å². The molecule has 0 radical (unpaired) electrons. The van der Waals surface area contributed by atoms with Crippen LogP contribution in [0.4, 0.5) is 0 Å². The first-order valence-electron chi connectivity index (χ1n) is 4.75. The highest BCUT2D eigenvalue weighted by atomic mass is 79.9. The standard InChI is InChI=1S/C9H13BrClNO2S2/c1-3-12(5-4-11)16(13,14)8-6-9(10)15-7(8)2/h6H,3-5H2,1-2H3. The summed E-state index contributed by atoms with van der Waals surface area (Å²) in [4.78, 5) is 1.16. The first kappa shape index (κ1) is 14.4. The van der Waals surface area contributed by atoms with Gasteiger partial charge in [-0.3, -0.25) is 0 Å². The maximum atomic E-state index is 12.2. The van der Waals surface area contributed by atoms with Crippen LogP contribution in [-0.4, -0.2) is 31.7 Å². The molecule has 0 saturated carbocycles. The van der Waals surface area contributed by atoms with Gasteiger partial charge < -0.3 is 0 Å². The number of nitrogens with zero attached hydrogens (tertiary/aromatic N) is 1. The lowest BCUT2D eigenvalue weighted by Gasteiger charge is -2.18. The van der Waals surface area contributed by atoms with Gasteiger partial charge in [0.1, 0.15) is 0 Å². The summed E-state index contributed by atoms with van der Waals surface area (Å²) in [6.07, 6.45) is 0. The average molecular weight is 347 g/mol. The molecule has 0 N–H and O–H groups in total. The first-order chi connectivity index (χ1) is 7.43. The Bertz CT molecular complexity index is 458. The van der Waals surface area contributed by atoms with Crippen molar-refractivity contribution in [1.82, 2.24) is 4.31 Å². The molecule has 1 rings (SSSR count). The van der Waals surface area contributed by atoms with Gasteiger partial charge in [0.25, 0.3) is 0 Å². The lowest BCUT2D eigenvalue weighted by molar-refractivity contribution is 0.447. The van der Waals surface area contributed by atoms with Gasteiger partial charge in [-0.15, -0.1) is 22.9 Å². The molecular weight excluding hydrogens is 334 g/mol. The van der Waals surface area contributed by atoms with Crippen molar-refractivity contribution in [2.24, 2.45) is 0 Å². The maximum Gasteiger partial charge on any atom is 0.244 e. The van der Waals surface area contributed by atoms with E-state index in [9.17, 15) is 8.42 Å². The van der Waals surface area contributed by atoms with Crippen LogP contribution in [0.1, 0.15) is 11.8 Å². The molecule has 3 nitrogen and oxygen atoms in total. The highest BCUT2D eigenvalue weighted by molar-refractivity contribution is 9.11. The van der Waals surface area contributed by atoms with Crippen LogP contribution in [0.15, 0.2) is 14.7 Å².